The fraction of sp³-hybridized carbons (Fsp3) is 0.148. The Kier molecular flexibility index (Phi) is 5.82. The second-order valence-corrected chi connectivity index (χ2v) is 8.11. The maximum Gasteiger partial charge on any atom is 0.298 e. The second kappa shape index (κ2) is 9.23. The van der Waals surface area contributed by atoms with E-state index in [0.29, 0.717) is 17.9 Å². The van der Waals surface area contributed by atoms with Gasteiger partial charge in [0.2, 0.25) is 0 Å². The van der Waals surface area contributed by atoms with Crippen molar-refractivity contribution >= 4 is 34.3 Å². The van der Waals surface area contributed by atoms with Crippen molar-refractivity contribution in [2.75, 3.05) is 30.4 Å². The number of nitrogens with zero attached hydrogens (tertiary/aromatic N) is 3. The first-order valence-corrected chi connectivity index (χ1v) is 11.1. The molecule has 7 nitrogen and oxygen atoms in total. The number of hydrogen-bond acceptors (Lipinski definition) is 5. The summed E-state index contributed by atoms with van der Waals surface area (Å²) in [6.45, 7) is 1.57. The lowest BCUT2D eigenvalue weighted by Crippen LogP contribution is -2.25. The second-order valence-electron chi connectivity index (χ2n) is 8.11. The summed E-state index contributed by atoms with van der Waals surface area (Å²) in [6.07, 6.45) is 2.66. The molecule has 0 bridgehead atoms. The highest BCUT2D eigenvalue weighted by atomic mass is 16.6. The Morgan fingerprint density at radius 3 is 2.50 bits per heavy atom. The van der Waals surface area contributed by atoms with Crippen LogP contribution in [0.4, 0.5) is 11.4 Å². The molecular formula is C27H24N4O3. The zero-order valence-electron chi connectivity index (χ0n) is 18.8. The Bertz CT molecular complexity index is 1370. The van der Waals surface area contributed by atoms with Gasteiger partial charge in [-0.05, 0) is 48.0 Å². The Hall–Kier alpha value is -4.39. The molecule has 1 fully saturated rings. The normalized spacial score (nSPS) is 14.5. The Balaban J connectivity index is 1.37. The summed E-state index contributed by atoms with van der Waals surface area (Å²) in [5, 5.41) is 6.79. The molecule has 0 spiro atoms. The number of pyridine rings is 1. The number of carbonyl (C=O) groups excluding carboxylic acids is 2. The minimum absolute atomic E-state index is 0.345. The Morgan fingerprint density at radius 1 is 0.971 bits per heavy atom. The highest BCUT2D eigenvalue weighted by Gasteiger charge is 2.25. The number of carbonyl (C=O) groups is 2. The van der Waals surface area contributed by atoms with Crippen LogP contribution in [0.25, 0.3) is 16.6 Å². The first-order chi connectivity index (χ1) is 16.6. The van der Waals surface area contributed by atoms with Crippen LogP contribution in [0.5, 0.6) is 0 Å². The SMILES string of the molecule is CON=C1CCN(c2ccc(NC(=O)C(=O)c3c(-c4ccccc4)cc4ccccn34)cc2)C1. The topological polar surface area (TPSA) is 75.4 Å². The maximum atomic E-state index is 13.3. The molecule has 1 aliphatic heterocycles. The standard InChI is InChI=1S/C27H24N4O3/c1-34-29-21-14-16-30(18-21)22-12-10-20(11-13-22)28-27(33)26(32)25-24(19-7-3-2-4-8-19)17-23-9-5-6-15-31(23)25/h2-13,15,17H,14,16,18H2,1H3,(H,28,33). The molecule has 7 heteroatoms. The van der Waals surface area contributed by atoms with Crippen molar-refractivity contribution in [1.82, 2.24) is 4.40 Å². The third-order valence-corrected chi connectivity index (χ3v) is 5.94. The minimum Gasteiger partial charge on any atom is -0.399 e. The number of aromatic nitrogens is 1. The van der Waals surface area contributed by atoms with Gasteiger partial charge in [-0.25, -0.2) is 0 Å². The summed E-state index contributed by atoms with van der Waals surface area (Å²) in [7, 11) is 1.55. The lowest BCUT2D eigenvalue weighted by molar-refractivity contribution is -0.112. The van der Waals surface area contributed by atoms with E-state index in [9.17, 15) is 9.59 Å². The summed E-state index contributed by atoms with van der Waals surface area (Å²) in [4.78, 5) is 33.4. The number of Topliss-reactive ketones (excluding diaryl/α,β-unsaturated/α-hetero) is 1. The minimum atomic E-state index is -0.676. The van der Waals surface area contributed by atoms with Crippen LogP contribution in [0.1, 0.15) is 16.9 Å². The van der Waals surface area contributed by atoms with E-state index in [1.54, 1.807) is 29.8 Å². The fourth-order valence-electron chi connectivity index (χ4n) is 4.31. The number of amides is 1. The molecule has 0 saturated carbocycles. The van der Waals surface area contributed by atoms with E-state index in [2.05, 4.69) is 15.4 Å². The number of hydrogen-bond donors (Lipinski definition) is 1. The van der Waals surface area contributed by atoms with Gasteiger partial charge in [-0.1, -0.05) is 41.6 Å². The van der Waals surface area contributed by atoms with Crippen molar-refractivity contribution in [3.63, 3.8) is 0 Å². The predicted octanol–water partition coefficient (Wildman–Crippen LogP) is 4.64. The van der Waals surface area contributed by atoms with E-state index in [4.69, 9.17) is 4.84 Å². The molecule has 0 atom stereocenters. The van der Waals surface area contributed by atoms with E-state index in [1.165, 1.54) is 0 Å². The van der Waals surface area contributed by atoms with Crippen LogP contribution in [0.2, 0.25) is 0 Å². The van der Waals surface area contributed by atoms with Gasteiger partial charge in [0.25, 0.3) is 11.7 Å². The molecule has 1 N–H and O–H groups in total. The van der Waals surface area contributed by atoms with Crippen LogP contribution in [0, 0.1) is 0 Å². The van der Waals surface area contributed by atoms with Crippen molar-refractivity contribution in [3.05, 3.63) is 90.8 Å². The van der Waals surface area contributed by atoms with E-state index >= 15 is 0 Å². The zero-order valence-corrected chi connectivity index (χ0v) is 18.8. The Morgan fingerprint density at radius 2 is 1.74 bits per heavy atom. The van der Waals surface area contributed by atoms with Crippen LogP contribution in [-0.2, 0) is 9.63 Å². The van der Waals surface area contributed by atoms with Gasteiger partial charge in [-0.3, -0.25) is 9.59 Å². The van der Waals surface area contributed by atoms with Crippen LogP contribution >= 0.6 is 0 Å². The lowest BCUT2D eigenvalue weighted by Gasteiger charge is -2.17. The van der Waals surface area contributed by atoms with Crippen LogP contribution in [0.15, 0.2) is 90.2 Å². The molecule has 5 rings (SSSR count). The number of benzene rings is 2. The molecule has 2 aromatic heterocycles. The Labute approximate surface area is 197 Å². The van der Waals surface area contributed by atoms with Gasteiger partial charge in [0.05, 0.1) is 12.3 Å². The third-order valence-electron chi connectivity index (χ3n) is 5.94. The summed E-state index contributed by atoms with van der Waals surface area (Å²) in [5.41, 5.74) is 5.39. The maximum absolute atomic E-state index is 13.3. The highest BCUT2D eigenvalue weighted by molar-refractivity contribution is 6.47. The van der Waals surface area contributed by atoms with E-state index in [-0.39, 0.29) is 0 Å². The molecule has 0 unspecified atom stereocenters. The predicted molar refractivity (Wildman–Crippen MR) is 134 cm³/mol. The molecule has 0 radical (unpaired) electrons. The third kappa shape index (κ3) is 4.15. The number of ketones is 1. The fourth-order valence-corrected chi connectivity index (χ4v) is 4.31. The van der Waals surface area contributed by atoms with Crippen molar-refractivity contribution < 1.29 is 14.4 Å². The molecule has 4 aromatic rings. The summed E-state index contributed by atoms with van der Waals surface area (Å²) < 4.78 is 1.76. The number of rotatable bonds is 6. The molecule has 0 aliphatic carbocycles. The van der Waals surface area contributed by atoms with Crippen molar-refractivity contribution in [2.45, 2.75) is 6.42 Å². The molecule has 3 heterocycles. The largest absolute Gasteiger partial charge is 0.399 e. The number of fused-ring (bicyclic) bond motifs is 1. The number of anilines is 2. The summed E-state index contributed by atoms with van der Waals surface area (Å²) in [5.74, 6) is -1.27. The molecular weight excluding hydrogens is 428 g/mol. The smallest absolute Gasteiger partial charge is 0.298 e. The lowest BCUT2D eigenvalue weighted by atomic mass is 10.0. The molecule has 1 saturated heterocycles. The summed E-state index contributed by atoms with van der Waals surface area (Å²) in [6, 6.07) is 24.7. The van der Waals surface area contributed by atoms with E-state index in [0.717, 1.165) is 41.0 Å². The number of nitrogens with one attached hydrogen (secondary N) is 1. The van der Waals surface area contributed by atoms with Crippen molar-refractivity contribution in [3.8, 4) is 11.1 Å². The first kappa shape index (κ1) is 21.5. The van der Waals surface area contributed by atoms with Gasteiger partial charge >= 0.3 is 0 Å². The first-order valence-electron chi connectivity index (χ1n) is 11.1. The van der Waals surface area contributed by atoms with E-state index < -0.39 is 11.7 Å². The number of oxime groups is 1. The molecule has 170 valence electrons. The molecule has 1 aliphatic rings. The molecule has 1 amide bonds. The van der Waals surface area contributed by atoms with Crippen LogP contribution in [0.3, 0.4) is 0 Å². The zero-order chi connectivity index (χ0) is 23.5. The highest BCUT2D eigenvalue weighted by Crippen LogP contribution is 2.29. The van der Waals surface area contributed by atoms with Gasteiger partial charge < -0.3 is 19.5 Å². The van der Waals surface area contributed by atoms with Gasteiger partial charge in [0.15, 0.2) is 0 Å². The van der Waals surface area contributed by atoms with Crippen molar-refractivity contribution in [1.29, 1.82) is 0 Å². The monoisotopic (exact) mass is 452 g/mol. The van der Waals surface area contributed by atoms with Crippen LogP contribution < -0.4 is 10.2 Å². The van der Waals surface area contributed by atoms with Gasteiger partial charge in [0.1, 0.15) is 12.8 Å². The van der Waals surface area contributed by atoms with Gasteiger partial charge in [-0.15, -0.1) is 0 Å². The average Bonchev–Trinajstić information content (AvgIpc) is 3.50. The van der Waals surface area contributed by atoms with Crippen LogP contribution in [-0.4, -0.2) is 42.0 Å². The quantitative estimate of drug-likeness (QED) is 0.263. The summed E-state index contributed by atoms with van der Waals surface area (Å²) >= 11 is 0. The van der Waals surface area contributed by atoms with Crippen molar-refractivity contribution in [2.24, 2.45) is 5.16 Å². The molecule has 34 heavy (non-hydrogen) atoms. The van der Waals surface area contributed by atoms with Gasteiger partial charge in [0, 0.05) is 41.6 Å². The van der Waals surface area contributed by atoms with Gasteiger partial charge in [-0.2, -0.15) is 0 Å². The van der Waals surface area contributed by atoms with E-state index in [1.807, 2.05) is 66.7 Å². The molecule has 2 aromatic carbocycles. The average molecular weight is 453 g/mol.